The van der Waals surface area contributed by atoms with Gasteiger partial charge >= 0.3 is 5.97 Å². The number of amides is 1. The van der Waals surface area contributed by atoms with Gasteiger partial charge in [-0.25, -0.2) is 4.79 Å². The zero-order valence-corrected chi connectivity index (χ0v) is 15.7. The Morgan fingerprint density at radius 3 is 2.93 bits per heavy atom. The fourth-order valence-electron chi connectivity index (χ4n) is 2.68. The first-order valence-corrected chi connectivity index (χ1v) is 9.13. The third-order valence-corrected chi connectivity index (χ3v) is 4.63. The summed E-state index contributed by atoms with van der Waals surface area (Å²) in [6, 6.07) is 9.08. The first-order valence-electron chi connectivity index (χ1n) is 8.25. The molecule has 0 saturated heterocycles. The Balaban J connectivity index is 1.48. The van der Waals surface area contributed by atoms with E-state index in [1.165, 1.54) is 11.3 Å². The van der Waals surface area contributed by atoms with Crippen molar-refractivity contribution < 1.29 is 23.8 Å². The highest BCUT2D eigenvalue weighted by Gasteiger charge is 2.32. The Morgan fingerprint density at radius 1 is 1.33 bits per heavy atom. The van der Waals surface area contributed by atoms with Gasteiger partial charge in [-0.1, -0.05) is 12.1 Å². The maximum Gasteiger partial charge on any atom is 0.344 e. The van der Waals surface area contributed by atoms with Crippen LogP contribution in [0.3, 0.4) is 0 Å². The number of thiophene rings is 1. The van der Waals surface area contributed by atoms with Gasteiger partial charge in [0.1, 0.15) is 16.7 Å². The summed E-state index contributed by atoms with van der Waals surface area (Å²) < 4.78 is 16.3. The molecule has 27 heavy (non-hydrogen) atoms. The second-order valence-corrected chi connectivity index (χ2v) is 7.47. The van der Waals surface area contributed by atoms with Crippen LogP contribution in [0.15, 0.2) is 29.6 Å². The van der Waals surface area contributed by atoms with E-state index in [4.69, 9.17) is 19.5 Å². The van der Waals surface area contributed by atoms with Crippen molar-refractivity contribution in [3.8, 4) is 17.6 Å². The van der Waals surface area contributed by atoms with Crippen molar-refractivity contribution in [1.82, 2.24) is 0 Å². The number of ether oxygens (including phenoxy) is 3. The zero-order valence-electron chi connectivity index (χ0n) is 14.9. The Morgan fingerprint density at radius 2 is 2.15 bits per heavy atom. The minimum atomic E-state index is -0.674. The van der Waals surface area contributed by atoms with Gasteiger partial charge in [-0.2, -0.15) is 5.26 Å². The molecule has 0 saturated carbocycles. The van der Waals surface area contributed by atoms with Crippen LogP contribution >= 0.6 is 11.3 Å². The van der Waals surface area contributed by atoms with Crippen LogP contribution in [-0.4, -0.2) is 30.7 Å². The molecule has 1 aromatic heterocycles. The molecular weight excluding hydrogens is 368 g/mol. The van der Waals surface area contributed by atoms with Gasteiger partial charge in [0.05, 0.1) is 5.56 Å². The minimum absolute atomic E-state index is 0.315. The smallest absolute Gasteiger partial charge is 0.344 e. The molecule has 0 atom stereocenters. The average molecular weight is 386 g/mol. The van der Waals surface area contributed by atoms with E-state index in [-0.39, 0.29) is 12.2 Å². The van der Waals surface area contributed by atoms with Gasteiger partial charge in [0.2, 0.25) is 0 Å². The Labute approximate surface area is 160 Å². The highest BCUT2D eigenvalue weighted by Crippen LogP contribution is 2.41. The summed E-state index contributed by atoms with van der Waals surface area (Å²) in [6.07, 6.45) is 0.761. The molecule has 3 rings (SSSR count). The summed E-state index contributed by atoms with van der Waals surface area (Å²) in [4.78, 5) is 23.7. The number of rotatable bonds is 6. The van der Waals surface area contributed by atoms with Crippen LogP contribution in [0, 0.1) is 11.3 Å². The average Bonchev–Trinajstić information content (AvgIpc) is 3.19. The Kier molecular flexibility index (Phi) is 5.33. The number of benzene rings is 1. The number of anilines is 1. The molecule has 2 aromatic rings. The zero-order chi connectivity index (χ0) is 19.4. The normalized spacial score (nSPS) is 13.8. The summed E-state index contributed by atoms with van der Waals surface area (Å²) in [5, 5.41) is 13.6. The van der Waals surface area contributed by atoms with Gasteiger partial charge in [0.15, 0.2) is 24.7 Å². The molecule has 140 valence electrons. The van der Waals surface area contributed by atoms with E-state index < -0.39 is 18.5 Å². The van der Waals surface area contributed by atoms with Gasteiger partial charge < -0.3 is 19.5 Å². The van der Waals surface area contributed by atoms with E-state index in [2.05, 4.69) is 5.32 Å². The SMILES string of the molecule is CC1(C)Cc2cccc(OCC(=O)OCC(=O)Nc3sccc3C#N)c2O1. The van der Waals surface area contributed by atoms with E-state index in [9.17, 15) is 9.59 Å². The van der Waals surface area contributed by atoms with Crippen LogP contribution in [0.1, 0.15) is 25.0 Å². The molecule has 1 aliphatic rings. The first-order chi connectivity index (χ1) is 12.9. The van der Waals surface area contributed by atoms with E-state index in [1.807, 2.05) is 32.0 Å². The fraction of sp³-hybridized carbons (Fsp3) is 0.316. The lowest BCUT2D eigenvalue weighted by molar-refractivity contribution is -0.149. The third kappa shape index (κ3) is 4.57. The molecule has 2 heterocycles. The lowest BCUT2D eigenvalue weighted by Crippen LogP contribution is -2.25. The maximum absolute atomic E-state index is 11.9. The molecule has 1 aromatic carbocycles. The molecular formula is C19H18N2O5S. The number of nitrogens with zero attached hydrogens (tertiary/aromatic N) is 1. The number of carbonyl (C=O) groups excluding carboxylic acids is 2. The number of nitriles is 1. The topological polar surface area (TPSA) is 97.6 Å². The number of nitrogens with one attached hydrogen (secondary N) is 1. The summed E-state index contributed by atoms with van der Waals surface area (Å²) in [7, 11) is 0. The molecule has 0 spiro atoms. The Hall–Kier alpha value is -3.05. The predicted octanol–water partition coefficient (Wildman–Crippen LogP) is 2.89. The van der Waals surface area contributed by atoms with Gasteiger partial charge in [0.25, 0.3) is 5.91 Å². The third-order valence-electron chi connectivity index (χ3n) is 3.80. The lowest BCUT2D eigenvalue weighted by atomic mass is 10.0. The van der Waals surface area contributed by atoms with Crippen molar-refractivity contribution in [3.63, 3.8) is 0 Å². The van der Waals surface area contributed by atoms with Crippen molar-refractivity contribution in [2.75, 3.05) is 18.5 Å². The summed E-state index contributed by atoms with van der Waals surface area (Å²) >= 11 is 1.22. The highest BCUT2D eigenvalue weighted by molar-refractivity contribution is 7.14. The molecule has 1 N–H and O–H groups in total. The lowest BCUT2D eigenvalue weighted by Gasteiger charge is -2.18. The van der Waals surface area contributed by atoms with Crippen molar-refractivity contribution in [1.29, 1.82) is 5.26 Å². The molecule has 0 fully saturated rings. The van der Waals surface area contributed by atoms with Crippen LogP contribution < -0.4 is 14.8 Å². The highest BCUT2D eigenvalue weighted by atomic mass is 32.1. The van der Waals surface area contributed by atoms with Crippen molar-refractivity contribution in [3.05, 3.63) is 40.8 Å². The van der Waals surface area contributed by atoms with Crippen LogP contribution in [0.5, 0.6) is 11.5 Å². The van der Waals surface area contributed by atoms with E-state index in [1.54, 1.807) is 17.5 Å². The van der Waals surface area contributed by atoms with E-state index in [0.717, 1.165) is 12.0 Å². The molecule has 0 radical (unpaired) electrons. The largest absolute Gasteiger partial charge is 0.483 e. The van der Waals surface area contributed by atoms with Crippen LogP contribution in [0.4, 0.5) is 5.00 Å². The maximum atomic E-state index is 11.9. The number of carbonyl (C=O) groups is 2. The second kappa shape index (κ2) is 7.68. The van der Waals surface area contributed by atoms with Crippen molar-refractivity contribution in [2.24, 2.45) is 0 Å². The van der Waals surface area contributed by atoms with Gasteiger partial charge in [-0.15, -0.1) is 11.3 Å². The van der Waals surface area contributed by atoms with E-state index >= 15 is 0 Å². The number of fused-ring (bicyclic) bond motifs is 1. The van der Waals surface area contributed by atoms with Gasteiger partial charge in [0, 0.05) is 12.0 Å². The molecule has 0 bridgehead atoms. The quantitative estimate of drug-likeness (QED) is 0.767. The van der Waals surface area contributed by atoms with Crippen molar-refractivity contribution >= 4 is 28.2 Å². The standard InChI is InChI=1S/C19H18N2O5S/c1-19(2)8-12-4-3-5-14(17(12)26-19)24-11-16(23)25-10-15(22)21-18-13(9-20)6-7-27-18/h3-7H,8,10-11H2,1-2H3,(H,21,22). The summed E-state index contributed by atoms with van der Waals surface area (Å²) in [6.45, 7) is 3.17. The molecule has 0 aliphatic carbocycles. The molecule has 1 amide bonds. The van der Waals surface area contributed by atoms with Crippen LogP contribution in [0.2, 0.25) is 0 Å². The molecule has 0 unspecified atom stereocenters. The monoisotopic (exact) mass is 386 g/mol. The Bertz CT molecular complexity index is 913. The van der Waals surface area contributed by atoms with Crippen LogP contribution in [-0.2, 0) is 20.7 Å². The minimum Gasteiger partial charge on any atom is -0.483 e. The molecule has 7 nitrogen and oxygen atoms in total. The predicted molar refractivity (Wildman–Crippen MR) is 99.0 cm³/mol. The number of para-hydroxylation sites is 1. The molecule has 8 heteroatoms. The molecule has 1 aliphatic heterocycles. The van der Waals surface area contributed by atoms with Crippen molar-refractivity contribution in [2.45, 2.75) is 25.9 Å². The summed E-state index contributed by atoms with van der Waals surface area (Å²) in [5.41, 5.74) is 1.07. The summed E-state index contributed by atoms with van der Waals surface area (Å²) in [5.74, 6) is -0.0915. The fourth-order valence-corrected chi connectivity index (χ4v) is 3.44. The second-order valence-electron chi connectivity index (χ2n) is 6.56. The van der Waals surface area contributed by atoms with E-state index in [0.29, 0.717) is 22.1 Å². The number of esters is 1. The van der Waals surface area contributed by atoms with Crippen LogP contribution in [0.25, 0.3) is 0 Å². The van der Waals surface area contributed by atoms with Gasteiger partial charge in [-0.3, -0.25) is 4.79 Å². The first kappa shape index (κ1) is 18.7. The number of hydrogen-bond donors (Lipinski definition) is 1. The number of hydrogen-bond acceptors (Lipinski definition) is 7. The van der Waals surface area contributed by atoms with Gasteiger partial charge in [-0.05, 0) is 31.4 Å².